The molecule has 0 saturated heterocycles. The van der Waals surface area contributed by atoms with E-state index in [1.54, 1.807) is 25.1 Å². The summed E-state index contributed by atoms with van der Waals surface area (Å²) in [5, 5.41) is 6.66. The Bertz CT molecular complexity index is 972. The highest BCUT2D eigenvalue weighted by Crippen LogP contribution is 2.22. The van der Waals surface area contributed by atoms with Crippen LogP contribution in [0.2, 0.25) is 5.02 Å². The summed E-state index contributed by atoms with van der Waals surface area (Å²) in [5.41, 5.74) is 3.89. The summed E-state index contributed by atoms with van der Waals surface area (Å²) < 4.78 is 0. The van der Waals surface area contributed by atoms with E-state index >= 15 is 0 Å². The molecule has 132 valence electrons. The van der Waals surface area contributed by atoms with E-state index in [1.165, 1.54) is 0 Å². The molecule has 0 aliphatic carbocycles. The Balaban J connectivity index is 1.86. The number of rotatable bonds is 4. The van der Waals surface area contributed by atoms with Gasteiger partial charge >= 0.3 is 0 Å². The van der Waals surface area contributed by atoms with Gasteiger partial charge in [0.1, 0.15) is 17.3 Å². The van der Waals surface area contributed by atoms with Crippen LogP contribution < -0.4 is 10.6 Å². The Hall–Kier alpha value is -2.92. The highest BCUT2D eigenvalue weighted by atomic mass is 35.5. The van der Waals surface area contributed by atoms with Gasteiger partial charge in [-0.1, -0.05) is 35.9 Å². The molecule has 2 N–H and O–H groups in total. The fraction of sp³-hybridized carbons (Fsp3) is 0.150. The molecule has 0 bridgehead atoms. The van der Waals surface area contributed by atoms with E-state index in [2.05, 4.69) is 20.6 Å². The number of hydrogen-bond acceptors (Lipinski definition) is 4. The normalized spacial score (nSPS) is 10.5. The molecule has 0 aliphatic heterocycles. The third-order valence-electron chi connectivity index (χ3n) is 3.93. The second-order valence-corrected chi connectivity index (χ2v) is 6.48. The van der Waals surface area contributed by atoms with Crippen molar-refractivity contribution in [1.29, 1.82) is 0 Å². The third-order valence-corrected chi connectivity index (χ3v) is 4.16. The molecular formula is C20H19ClN4O. The molecule has 0 atom stereocenters. The predicted molar refractivity (Wildman–Crippen MR) is 105 cm³/mol. The van der Waals surface area contributed by atoms with Crippen molar-refractivity contribution in [3.63, 3.8) is 0 Å². The molecule has 0 aliphatic rings. The molecular weight excluding hydrogens is 348 g/mol. The summed E-state index contributed by atoms with van der Waals surface area (Å²) in [7, 11) is 0. The highest BCUT2D eigenvalue weighted by molar-refractivity contribution is 6.31. The first-order valence-corrected chi connectivity index (χ1v) is 8.56. The molecule has 0 spiro atoms. The molecule has 3 aromatic rings. The van der Waals surface area contributed by atoms with Gasteiger partial charge < -0.3 is 10.6 Å². The van der Waals surface area contributed by atoms with Gasteiger partial charge in [0, 0.05) is 22.5 Å². The van der Waals surface area contributed by atoms with Crippen molar-refractivity contribution < 1.29 is 4.79 Å². The minimum atomic E-state index is -0.311. The summed E-state index contributed by atoms with van der Waals surface area (Å²) in [6.07, 6.45) is 0. The maximum Gasteiger partial charge on any atom is 0.274 e. The number of benzene rings is 2. The van der Waals surface area contributed by atoms with Crippen molar-refractivity contribution in [3.05, 3.63) is 76.2 Å². The van der Waals surface area contributed by atoms with E-state index in [-0.39, 0.29) is 11.6 Å². The number of aryl methyl sites for hydroxylation is 3. The van der Waals surface area contributed by atoms with Gasteiger partial charge in [0.25, 0.3) is 5.91 Å². The molecule has 5 nitrogen and oxygen atoms in total. The molecule has 0 saturated carbocycles. The molecule has 1 aromatic heterocycles. The Morgan fingerprint density at radius 3 is 2.42 bits per heavy atom. The van der Waals surface area contributed by atoms with Crippen LogP contribution in [0.15, 0.2) is 48.5 Å². The van der Waals surface area contributed by atoms with Gasteiger partial charge in [0.15, 0.2) is 0 Å². The van der Waals surface area contributed by atoms with Crippen LogP contribution in [-0.4, -0.2) is 15.9 Å². The van der Waals surface area contributed by atoms with Crippen LogP contribution in [-0.2, 0) is 0 Å². The minimum absolute atomic E-state index is 0.285. The zero-order chi connectivity index (χ0) is 18.7. The van der Waals surface area contributed by atoms with Crippen molar-refractivity contribution in [1.82, 2.24) is 9.97 Å². The van der Waals surface area contributed by atoms with E-state index in [9.17, 15) is 4.79 Å². The number of para-hydroxylation sites is 1. The summed E-state index contributed by atoms with van der Waals surface area (Å²) in [6.45, 7) is 5.67. The first-order valence-electron chi connectivity index (χ1n) is 8.18. The van der Waals surface area contributed by atoms with Gasteiger partial charge in [-0.15, -0.1) is 0 Å². The Labute approximate surface area is 157 Å². The lowest BCUT2D eigenvalue weighted by molar-refractivity contribution is 0.102. The van der Waals surface area contributed by atoms with E-state index in [4.69, 9.17) is 11.6 Å². The fourth-order valence-corrected chi connectivity index (χ4v) is 2.69. The number of nitrogens with one attached hydrogen (secondary N) is 2. The van der Waals surface area contributed by atoms with Crippen LogP contribution in [0.5, 0.6) is 0 Å². The smallest absolute Gasteiger partial charge is 0.274 e. The lowest BCUT2D eigenvalue weighted by atomic mass is 10.2. The Morgan fingerprint density at radius 1 is 0.923 bits per heavy atom. The second-order valence-electron chi connectivity index (χ2n) is 6.04. The number of aromatic nitrogens is 2. The zero-order valence-corrected chi connectivity index (χ0v) is 15.6. The van der Waals surface area contributed by atoms with Crippen LogP contribution in [0.3, 0.4) is 0 Å². The molecule has 2 aromatic carbocycles. The van der Waals surface area contributed by atoms with Crippen LogP contribution >= 0.6 is 11.6 Å². The monoisotopic (exact) mass is 366 g/mol. The maximum atomic E-state index is 12.6. The molecule has 26 heavy (non-hydrogen) atoms. The van der Waals surface area contributed by atoms with E-state index in [0.29, 0.717) is 22.4 Å². The number of anilines is 3. The Morgan fingerprint density at radius 2 is 1.65 bits per heavy atom. The van der Waals surface area contributed by atoms with E-state index in [1.807, 2.05) is 44.2 Å². The number of nitrogens with zero attached hydrogens (tertiary/aromatic N) is 2. The highest BCUT2D eigenvalue weighted by Gasteiger charge is 2.13. The maximum absolute atomic E-state index is 12.6. The number of halogens is 1. The molecule has 0 radical (unpaired) electrons. The summed E-state index contributed by atoms with van der Waals surface area (Å²) in [6, 6.07) is 14.9. The summed E-state index contributed by atoms with van der Waals surface area (Å²) in [4.78, 5) is 21.2. The van der Waals surface area contributed by atoms with Crippen LogP contribution in [0, 0.1) is 20.8 Å². The molecule has 0 unspecified atom stereocenters. The topological polar surface area (TPSA) is 66.9 Å². The molecule has 1 amide bonds. The molecule has 3 rings (SSSR count). The van der Waals surface area contributed by atoms with Crippen molar-refractivity contribution in [2.75, 3.05) is 10.6 Å². The summed E-state index contributed by atoms with van der Waals surface area (Å²) in [5.74, 6) is 0.769. The molecule has 0 fully saturated rings. The SMILES string of the molecule is Cc1nc(Nc2ccccc2C)cc(C(=O)Nc2cc(Cl)ccc2C)n1. The van der Waals surface area contributed by atoms with Gasteiger partial charge in [-0.2, -0.15) is 0 Å². The van der Waals surface area contributed by atoms with Gasteiger partial charge in [0.05, 0.1) is 0 Å². The largest absolute Gasteiger partial charge is 0.340 e. The summed E-state index contributed by atoms with van der Waals surface area (Å²) >= 11 is 6.01. The lowest BCUT2D eigenvalue weighted by Gasteiger charge is -2.12. The number of amides is 1. The zero-order valence-electron chi connectivity index (χ0n) is 14.8. The second kappa shape index (κ2) is 7.54. The van der Waals surface area contributed by atoms with E-state index in [0.717, 1.165) is 16.8 Å². The van der Waals surface area contributed by atoms with Crippen LogP contribution in [0.25, 0.3) is 0 Å². The number of carbonyl (C=O) groups is 1. The average molecular weight is 367 g/mol. The van der Waals surface area contributed by atoms with Gasteiger partial charge in [-0.25, -0.2) is 9.97 Å². The van der Waals surface area contributed by atoms with Gasteiger partial charge in [-0.05, 0) is 50.1 Å². The van der Waals surface area contributed by atoms with Crippen molar-refractivity contribution in [3.8, 4) is 0 Å². The Kier molecular flexibility index (Phi) is 5.19. The molecule has 1 heterocycles. The minimum Gasteiger partial charge on any atom is -0.340 e. The average Bonchev–Trinajstić information content (AvgIpc) is 2.59. The lowest BCUT2D eigenvalue weighted by Crippen LogP contribution is -2.16. The van der Waals surface area contributed by atoms with Crippen molar-refractivity contribution in [2.45, 2.75) is 20.8 Å². The van der Waals surface area contributed by atoms with Gasteiger partial charge in [-0.3, -0.25) is 4.79 Å². The van der Waals surface area contributed by atoms with E-state index < -0.39 is 0 Å². The molecule has 6 heteroatoms. The quantitative estimate of drug-likeness (QED) is 0.678. The van der Waals surface area contributed by atoms with Crippen molar-refractivity contribution >= 4 is 34.7 Å². The third kappa shape index (κ3) is 4.18. The van der Waals surface area contributed by atoms with Crippen LogP contribution in [0.4, 0.5) is 17.2 Å². The number of carbonyl (C=O) groups excluding carboxylic acids is 1. The van der Waals surface area contributed by atoms with Crippen LogP contribution in [0.1, 0.15) is 27.4 Å². The fourth-order valence-electron chi connectivity index (χ4n) is 2.51. The van der Waals surface area contributed by atoms with Crippen molar-refractivity contribution in [2.24, 2.45) is 0 Å². The first kappa shape index (κ1) is 17.9. The number of hydrogen-bond donors (Lipinski definition) is 2. The van der Waals surface area contributed by atoms with Gasteiger partial charge in [0.2, 0.25) is 0 Å². The first-order chi connectivity index (χ1) is 12.4. The predicted octanol–water partition coefficient (Wildman–Crippen LogP) is 5.05. The standard InChI is InChI=1S/C20H19ClN4O/c1-12-6-4-5-7-16(12)24-19-11-18(22-14(3)23-19)20(26)25-17-10-15(21)9-8-13(17)2/h4-11H,1-3H3,(H,25,26)(H,22,23,24).